The minimum atomic E-state index is -0.602. The van der Waals surface area contributed by atoms with Crippen molar-refractivity contribution in [3.63, 3.8) is 0 Å². The molecule has 0 fully saturated rings. The molecular formula is C27H26N4O2. The number of carbonyl (C=O) groups is 2. The first-order valence-electron chi connectivity index (χ1n) is 11.2. The molecule has 1 aliphatic heterocycles. The fraction of sp³-hybridized carbons (Fsp3) is 0.222. The van der Waals surface area contributed by atoms with E-state index < -0.39 is 6.04 Å². The number of aromatic nitrogens is 2. The summed E-state index contributed by atoms with van der Waals surface area (Å²) in [5.41, 5.74) is 5.06. The molecule has 0 spiro atoms. The first-order valence-corrected chi connectivity index (χ1v) is 11.2. The third-order valence-corrected chi connectivity index (χ3v) is 6.10. The Morgan fingerprint density at radius 3 is 2.45 bits per heavy atom. The van der Waals surface area contributed by atoms with Crippen molar-refractivity contribution >= 4 is 28.8 Å². The largest absolute Gasteiger partial charge is 0.356 e. The van der Waals surface area contributed by atoms with Crippen LogP contribution in [-0.2, 0) is 22.6 Å². The van der Waals surface area contributed by atoms with Crippen LogP contribution in [0.4, 0.5) is 5.95 Å². The minimum Gasteiger partial charge on any atom is -0.356 e. The van der Waals surface area contributed by atoms with Crippen LogP contribution in [-0.4, -0.2) is 27.9 Å². The second-order valence-electron chi connectivity index (χ2n) is 8.49. The Morgan fingerprint density at radius 1 is 0.939 bits per heavy atom. The predicted molar refractivity (Wildman–Crippen MR) is 129 cm³/mol. The molecule has 1 aromatic heterocycles. The van der Waals surface area contributed by atoms with Gasteiger partial charge < -0.3 is 5.32 Å². The van der Waals surface area contributed by atoms with Crippen molar-refractivity contribution in [1.82, 2.24) is 14.9 Å². The molecule has 1 atom stereocenters. The van der Waals surface area contributed by atoms with Crippen molar-refractivity contribution in [3.05, 3.63) is 95.6 Å². The average molecular weight is 439 g/mol. The van der Waals surface area contributed by atoms with Crippen molar-refractivity contribution in [2.45, 2.75) is 32.4 Å². The van der Waals surface area contributed by atoms with Crippen molar-refractivity contribution < 1.29 is 9.59 Å². The number of anilines is 1. The van der Waals surface area contributed by atoms with E-state index in [1.165, 1.54) is 11.1 Å². The van der Waals surface area contributed by atoms with E-state index in [1.807, 2.05) is 90.4 Å². The molecule has 2 amide bonds. The number of hydrogen-bond acceptors (Lipinski definition) is 3. The lowest BCUT2D eigenvalue weighted by Crippen LogP contribution is -2.33. The van der Waals surface area contributed by atoms with E-state index in [9.17, 15) is 9.59 Å². The summed E-state index contributed by atoms with van der Waals surface area (Å²) >= 11 is 0. The van der Waals surface area contributed by atoms with E-state index in [1.54, 1.807) is 4.90 Å². The summed E-state index contributed by atoms with van der Waals surface area (Å²) in [5, 5.41) is 2.98. The molecule has 6 nitrogen and oxygen atoms in total. The van der Waals surface area contributed by atoms with Gasteiger partial charge >= 0.3 is 0 Å². The smallest absolute Gasteiger partial charge is 0.253 e. The molecule has 0 aliphatic carbocycles. The molecule has 0 unspecified atom stereocenters. The SMILES string of the molecule is Cc1ccc(CN2C(=O)[C@H](CC(=O)NCCc3ccccc3)n3c2nc2ccccc23)cc1. The summed E-state index contributed by atoms with van der Waals surface area (Å²) in [6, 6.07) is 25.3. The zero-order valence-electron chi connectivity index (χ0n) is 18.6. The zero-order chi connectivity index (χ0) is 22.8. The van der Waals surface area contributed by atoms with E-state index in [4.69, 9.17) is 4.98 Å². The quantitative estimate of drug-likeness (QED) is 0.471. The Morgan fingerprint density at radius 2 is 1.67 bits per heavy atom. The number of benzene rings is 3. The highest BCUT2D eigenvalue weighted by Crippen LogP contribution is 2.37. The minimum absolute atomic E-state index is 0.0887. The van der Waals surface area contributed by atoms with Gasteiger partial charge in [-0.05, 0) is 36.6 Å². The van der Waals surface area contributed by atoms with Crippen LogP contribution in [0.2, 0.25) is 0 Å². The summed E-state index contributed by atoms with van der Waals surface area (Å²) in [6.07, 6.45) is 0.843. The van der Waals surface area contributed by atoms with Gasteiger partial charge in [0, 0.05) is 6.54 Å². The molecular weight excluding hydrogens is 412 g/mol. The average Bonchev–Trinajstić information content (AvgIpc) is 3.32. The maximum Gasteiger partial charge on any atom is 0.253 e. The zero-order valence-corrected chi connectivity index (χ0v) is 18.6. The maximum atomic E-state index is 13.5. The number of rotatable bonds is 7. The normalized spacial score (nSPS) is 15.1. The maximum absolute atomic E-state index is 13.5. The molecule has 3 aromatic carbocycles. The van der Waals surface area contributed by atoms with Crippen LogP contribution in [0.5, 0.6) is 0 Å². The lowest BCUT2D eigenvalue weighted by molar-refractivity contribution is -0.127. The van der Waals surface area contributed by atoms with E-state index in [-0.39, 0.29) is 18.2 Å². The Bertz CT molecular complexity index is 1290. The third-order valence-electron chi connectivity index (χ3n) is 6.10. The molecule has 4 aromatic rings. The van der Waals surface area contributed by atoms with Crippen molar-refractivity contribution in [2.75, 3.05) is 11.4 Å². The lowest BCUT2D eigenvalue weighted by atomic mass is 10.1. The molecule has 6 heteroatoms. The highest BCUT2D eigenvalue weighted by molar-refractivity contribution is 6.03. The Hall–Kier alpha value is -3.93. The monoisotopic (exact) mass is 438 g/mol. The number of nitrogens with one attached hydrogen (secondary N) is 1. The van der Waals surface area contributed by atoms with Crippen LogP contribution >= 0.6 is 0 Å². The van der Waals surface area contributed by atoms with Crippen molar-refractivity contribution in [1.29, 1.82) is 0 Å². The summed E-state index contributed by atoms with van der Waals surface area (Å²) < 4.78 is 1.92. The molecule has 0 bridgehead atoms. The summed E-state index contributed by atoms with van der Waals surface area (Å²) in [6.45, 7) is 3.00. The molecule has 1 N–H and O–H groups in total. The van der Waals surface area contributed by atoms with E-state index >= 15 is 0 Å². The fourth-order valence-corrected chi connectivity index (χ4v) is 4.36. The van der Waals surface area contributed by atoms with Gasteiger partial charge in [0.25, 0.3) is 5.91 Å². The highest BCUT2D eigenvalue weighted by Gasteiger charge is 2.40. The van der Waals surface area contributed by atoms with Crippen molar-refractivity contribution in [2.24, 2.45) is 0 Å². The van der Waals surface area contributed by atoms with E-state index in [0.29, 0.717) is 19.0 Å². The number of carbonyl (C=O) groups excluding carboxylic acids is 2. The van der Waals surface area contributed by atoms with Gasteiger partial charge in [0.05, 0.1) is 24.0 Å². The molecule has 2 heterocycles. The molecule has 5 rings (SSSR count). The first kappa shape index (κ1) is 20.9. The van der Waals surface area contributed by atoms with Crippen LogP contribution in [0.1, 0.15) is 29.2 Å². The highest BCUT2D eigenvalue weighted by atomic mass is 16.2. The van der Waals surface area contributed by atoms with Gasteiger partial charge in [0.1, 0.15) is 6.04 Å². The van der Waals surface area contributed by atoms with E-state index in [2.05, 4.69) is 5.32 Å². The van der Waals surface area contributed by atoms with Gasteiger partial charge in [0.2, 0.25) is 11.9 Å². The number of amides is 2. The van der Waals surface area contributed by atoms with Crippen LogP contribution in [0, 0.1) is 6.92 Å². The third kappa shape index (κ3) is 4.24. The van der Waals surface area contributed by atoms with E-state index in [0.717, 1.165) is 23.0 Å². The Labute approximate surface area is 192 Å². The molecule has 0 radical (unpaired) electrons. The topological polar surface area (TPSA) is 67.2 Å². The van der Waals surface area contributed by atoms with Gasteiger partial charge in [0.15, 0.2) is 0 Å². The van der Waals surface area contributed by atoms with Crippen LogP contribution in [0.3, 0.4) is 0 Å². The number of para-hydroxylation sites is 2. The number of hydrogen-bond donors (Lipinski definition) is 1. The van der Waals surface area contributed by atoms with Gasteiger partial charge in [-0.15, -0.1) is 0 Å². The number of nitrogens with zero attached hydrogens (tertiary/aromatic N) is 3. The number of aryl methyl sites for hydroxylation is 1. The number of imidazole rings is 1. The van der Waals surface area contributed by atoms with Gasteiger partial charge in [-0.2, -0.15) is 0 Å². The predicted octanol–water partition coefficient (Wildman–Crippen LogP) is 4.18. The lowest BCUT2D eigenvalue weighted by Gasteiger charge is -2.16. The summed E-state index contributed by atoms with van der Waals surface area (Å²) in [4.78, 5) is 32.7. The van der Waals surface area contributed by atoms with Gasteiger partial charge in [-0.25, -0.2) is 4.98 Å². The van der Waals surface area contributed by atoms with Crippen molar-refractivity contribution in [3.8, 4) is 0 Å². The second-order valence-corrected chi connectivity index (χ2v) is 8.49. The Balaban J connectivity index is 1.36. The van der Waals surface area contributed by atoms with Crippen LogP contribution < -0.4 is 10.2 Å². The molecule has 0 saturated heterocycles. The van der Waals surface area contributed by atoms with Crippen LogP contribution in [0.25, 0.3) is 11.0 Å². The number of fused-ring (bicyclic) bond motifs is 3. The summed E-state index contributed by atoms with van der Waals surface area (Å²) in [5.74, 6) is 0.371. The molecule has 166 valence electrons. The molecule has 0 saturated carbocycles. The molecule has 1 aliphatic rings. The first-order chi connectivity index (χ1) is 16.1. The van der Waals surface area contributed by atoms with Gasteiger partial charge in [-0.1, -0.05) is 72.3 Å². The second kappa shape index (κ2) is 8.90. The fourth-order valence-electron chi connectivity index (χ4n) is 4.36. The molecule has 33 heavy (non-hydrogen) atoms. The standard InChI is InChI=1S/C27H26N4O2/c1-19-11-13-21(14-12-19)18-30-26(33)24(31-23-10-6-5-9-22(23)29-27(30)31)17-25(32)28-16-15-20-7-3-2-4-8-20/h2-14,24H,15-18H2,1H3,(H,28,32)/t24-/m0/s1. The van der Waals surface area contributed by atoms with Gasteiger partial charge in [-0.3, -0.25) is 19.1 Å². The Kier molecular flexibility index (Phi) is 5.65. The van der Waals surface area contributed by atoms with Crippen LogP contribution in [0.15, 0.2) is 78.9 Å². The summed E-state index contributed by atoms with van der Waals surface area (Å²) in [7, 11) is 0.